The van der Waals surface area contributed by atoms with Crippen LogP contribution < -0.4 is 31.9 Å². The van der Waals surface area contributed by atoms with Gasteiger partial charge in [0.05, 0.1) is 72.1 Å². The van der Waals surface area contributed by atoms with Crippen LogP contribution >= 0.6 is 69.6 Å². The number of benzene rings is 6. The number of likely N-dealkylation sites (tertiary alicyclic amines) is 2. The smallest absolute Gasteiger partial charge is 0.258 e. The number of hydrogen-bond donors (Lipinski definition) is 8. The third kappa shape index (κ3) is 19.3. The average Bonchev–Trinajstić information content (AvgIpc) is 1.31. The molecule has 9 aromatic rings. The molecular weight excluding hydrogens is 1440 g/mol. The van der Waals surface area contributed by atoms with Crippen molar-refractivity contribution >= 4 is 157 Å². The lowest BCUT2D eigenvalue weighted by molar-refractivity contribution is 0.100. The van der Waals surface area contributed by atoms with Crippen LogP contribution in [-0.4, -0.2) is 129 Å². The predicted molar refractivity (Wildman–Crippen MR) is 393 cm³/mol. The van der Waals surface area contributed by atoms with Gasteiger partial charge in [0.1, 0.15) is 52.4 Å². The maximum absolute atomic E-state index is 14.9. The molecule has 0 spiro atoms. The lowest BCUT2D eigenvalue weighted by Gasteiger charge is -2.29. The number of nitrogens with zero attached hydrogens (tertiary/aromatic N) is 7. The van der Waals surface area contributed by atoms with Crippen molar-refractivity contribution in [3.63, 3.8) is 0 Å². The summed E-state index contributed by atoms with van der Waals surface area (Å²) in [4.78, 5) is 99.0. The molecule has 2 saturated heterocycles. The molecule has 0 bridgehead atoms. The van der Waals surface area contributed by atoms with Gasteiger partial charge >= 0.3 is 0 Å². The van der Waals surface area contributed by atoms with Crippen molar-refractivity contribution in [2.24, 2.45) is 4.99 Å². The monoisotopic (exact) mass is 1500 g/mol. The molecule has 3 aliphatic heterocycles. The van der Waals surface area contributed by atoms with Crippen molar-refractivity contribution in [3.8, 4) is 0 Å². The molecule has 6 amide bonds. The number of aliphatic imine (C=N–C) groups is 1. The van der Waals surface area contributed by atoms with Crippen LogP contribution in [0.4, 0.5) is 47.7 Å². The first-order valence-corrected chi connectivity index (χ1v) is 33.7. The number of aromatic nitrogens is 3. The third-order valence-corrected chi connectivity index (χ3v) is 17.3. The van der Waals surface area contributed by atoms with E-state index in [4.69, 9.17) is 80.4 Å². The Bertz CT molecular complexity index is 4740. The van der Waals surface area contributed by atoms with Crippen molar-refractivity contribution in [1.82, 2.24) is 29.7 Å². The molecule has 0 radical (unpaired) electrons. The van der Waals surface area contributed by atoms with E-state index in [2.05, 4.69) is 51.8 Å². The Morgan fingerprint density at radius 3 is 1.01 bits per heavy atom. The van der Waals surface area contributed by atoms with Gasteiger partial charge in [0.2, 0.25) is 0 Å². The largest absolute Gasteiger partial charge is 0.358 e. The van der Waals surface area contributed by atoms with E-state index >= 15 is 0 Å². The highest BCUT2D eigenvalue weighted by atomic mass is 35.5. The molecule has 0 unspecified atom stereocenters. The van der Waals surface area contributed by atoms with Crippen LogP contribution in [0.1, 0.15) is 111 Å². The van der Waals surface area contributed by atoms with E-state index < -0.39 is 52.9 Å². The predicted octanol–water partition coefficient (Wildman–Crippen LogP) is 16.0. The van der Waals surface area contributed by atoms with Gasteiger partial charge in [-0.1, -0.05) is 87.8 Å². The Morgan fingerprint density at radius 2 is 0.696 bits per heavy atom. The number of amidine groups is 3. The Morgan fingerprint density at radius 1 is 0.373 bits per heavy atom. The number of hydrogen-bond acceptors (Lipinski definition) is 13. The zero-order valence-corrected chi connectivity index (χ0v) is 58.4. The molecule has 102 heavy (non-hydrogen) atoms. The van der Waals surface area contributed by atoms with Gasteiger partial charge in [-0.2, -0.15) is 0 Å². The van der Waals surface area contributed by atoms with Gasteiger partial charge in [-0.15, -0.1) is 0 Å². The fourth-order valence-electron chi connectivity index (χ4n) is 10.7. The highest BCUT2D eigenvalue weighted by molar-refractivity contribution is 6.33. The molecule has 21 nitrogen and oxygen atoms in total. The molecule has 0 atom stereocenters. The first-order valence-electron chi connectivity index (χ1n) is 31.4. The number of nitrogens with one attached hydrogen (secondary N) is 8. The number of piperidine rings is 1. The minimum Gasteiger partial charge on any atom is -0.358 e. The van der Waals surface area contributed by atoms with E-state index in [0.717, 1.165) is 64.8 Å². The fourth-order valence-corrected chi connectivity index (χ4v) is 11.6. The normalized spacial score (nSPS) is 13.1. The van der Waals surface area contributed by atoms with Gasteiger partial charge < -0.3 is 46.6 Å². The van der Waals surface area contributed by atoms with E-state index in [-0.39, 0.29) is 89.6 Å². The number of carbonyl (C=O) groups excluding carboxylic acids is 6. The SMILES string of the molecule is CN1CCN=C1c1ccc(C(=O)Nc2ccc(Cl)cc2C(=O)Nc2ccc(Cl)cn2)c(F)c1.N=C(c1ccc(C(=O)Nc2ccc(Cl)cc2C(=O)Nc2ccc(Cl)cn2)c(F)c1)N1CCCC1.N=C(c1ccc(C(=O)Nc2ccc(Cl)cc2C(=O)Nc2ccc(Cl)cn2)c(F)c1)N1CCCCC1. The maximum atomic E-state index is 14.9. The second-order valence-electron chi connectivity index (χ2n) is 23.0. The summed E-state index contributed by atoms with van der Waals surface area (Å²) in [7, 11) is 1.87. The van der Waals surface area contributed by atoms with Gasteiger partial charge in [0.25, 0.3) is 35.4 Å². The van der Waals surface area contributed by atoms with Crippen LogP contribution in [-0.2, 0) is 0 Å². The lowest BCUT2D eigenvalue weighted by Crippen LogP contribution is -2.35. The molecule has 0 saturated carbocycles. The number of carbonyl (C=O) groups is 6. The molecule has 522 valence electrons. The molecular formula is C72H60Cl6F3N15O6. The summed E-state index contributed by atoms with van der Waals surface area (Å²) in [5.74, 6) is -4.15. The maximum Gasteiger partial charge on any atom is 0.258 e. The Kier molecular flexibility index (Phi) is 24.9. The molecule has 6 aromatic carbocycles. The standard InChI is InChI=1S/C25H22Cl2FN5O2.C24H20Cl2FN5O2.C23H18Cl2FN5O2/c26-16-5-8-21(19(13-16)25(35)32-22-9-6-17(27)14-30-22)31-24(34)18-7-4-15(12-20(18)28)23(29)33-10-2-1-3-11-33;25-15-4-7-20(18(12-15)24(34)31-21-8-5-16(26)13-29-21)30-23(33)17-6-3-14(11-19(17)27)22(28)32-9-1-2-10-32;1-31-9-8-27-21(31)13-2-5-16(18(26)10-13)22(32)29-19-6-3-14(24)11-17(19)23(33)30-20-7-4-15(25)12-28-20/h4-9,12-14,29H,1-3,10-11H2,(H,31,34)(H,30,32,35);3-8,11-13,28H,1-2,9-10H2,(H,30,33)(H,29,31,34);2-7,10-12H,8-9H2,1H3,(H,29,32)(H,28,30,33). The van der Waals surface area contributed by atoms with E-state index in [1.165, 1.54) is 128 Å². The number of amides is 6. The quantitative estimate of drug-likeness (QED) is 0.0351. The Hall–Kier alpha value is -10.5. The van der Waals surface area contributed by atoms with Crippen LogP contribution in [0.3, 0.4) is 0 Å². The van der Waals surface area contributed by atoms with E-state index in [0.29, 0.717) is 49.2 Å². The molecule has 30 heteroatoms. The molecule has 6 heterocycles. The number of anilines is 6. The summed E-state index contributed by atoms with van der Waals surface area (Å²) >= 11 is 35.6. The molecule has 2 fully saturated rings. The Labute approximate surface area is 612 Å². The van der Waals surface area contributed by atoms with Gasteiger partial charge in [-0.25, -0.2) is 28.1 Å². The summed E-state index contributed by atoms with van der Waals surface area (Å²) in [5.41, 5.74) is 1.51. The molecule has 3 aliphatic rings. The van der Waals surface area contributed by atoms with Crippen LogP contribution in [0.2, 0.25) is 30.1 Å². The lowest BCUT2D eigenvalue weighted by atomic mass is 10.1. The topological polar surface area (TPSA) is 283 Å². The second kappa shape index (κ2) is 34.3. The fraction of sp³-hybridized carbons (Fsp3) is 0.167. The number of pyridine rings is 3. The summed E-state index contributed by atoms with van der Waals surface area (Å²) < 4.78 is 44.5. The highest BCUT2D eigenvalue weighted by Gasteiger charge is 2.26. The van der Waals surface area contributed by atoms with Gasteiger partial charge in [-0.05, 0) is 159 Å². The highest BCUT2D eigenvalue weighted by Crippen LogP contribution is 2.29. The van der Waals surface area contributed by atoms with Gasteiger partial charge in [0.15, 0.2) is 0 Å². The number of rotatable bonds is 15. The average molecular weight is 1500 g/mol. The van der Waals surface area contributed by atoms with Crippen molar-refractivity contribution in [2.45, 2.75) is 32.1 Å². The first-order chi connectivity index (χ1) is 48.9. The Balaban J connectivity index is 0.000000165. The van der Waals surface area contributed by atoms with Crippen LogP contribution in [0, 0.1) is 28.3 Å². The molecule has 3 aromatic heterocycles. The third-order valence-electron chi connectivity index (χ3n) is 15.9. The van der Waals surface area contributed by atoms with Crippen molar-refractivity contribution in [1.29, 1.82) is 10.8 Å². The number of halogens is 9. The van der Waals surface area contributed by atoms with Crippen molar-refractivity contribution in [3.05, 3.63) is 262 Å². The van der Waals surface area contributed by atoms with E-state index in [9.17, 15) is 41.9 Å². The van der Waals surface area contributed by atoms with Crippen LogP contribution in [0.15, 0.2) is 169 Å². The molecule has 12 rings (SSSR count). The summed E-state index contributed by atoms with van der Waals surface area (Å²) in [6.07, 6.45) is 9.26. The summed E-state index contributed by atoms with van der Waals surface area (Å²) in [6, 6.07) is 34.8. The molecule has 0 aliphatic carbocycles. The van der Waals surface area contributed by atoms with E-state index in [1.807, 2.05) is 21.7 Å². The van der Waals surface area contributed by atoms with Gasteiger partial charge in [-0.3, -0.25) is 44.6 Å². The number of likely N-dealkylation sites (N-methyl/N-ethyl adjacent to an activating group) is 1. The van der Waals surface area contributed by atoms with Crippen molar-refractivity contribution < 1.29 is 41.9 Å². The zero-order chi connectivity index (χ0) is 72.7. The first kappa shape index (κ1) is 74.2. The van der Waals surface area contributed by atoms with E-state index in [1.54, 1.807) is 36.4 Å². The second-order valence-corrected chi connectivity index (χ2v) is 25.6. The minimum absolute atomic E-state index is 0.0745. The zero-order valence-electron chi connectivity index (χ0n) is 53.8. The summed E-state index contributed by atoms with van der Waals surface area (Å²) in [6.45, 7) is 4.44. The van der Waals surface area contributed by atoms with Crippen LogP contribution in [0.5, 0.6) is 0 Å². The summed E-state index contributed by atoms with van der Waals surface area (Å²) in [5, 5.41) is 34.3. The van der Waals surface area contributed by atoms with Crippen LogP contribution in [0.25, 0.3) is 0 Å². The van der Waals surface area contributed by atoms with Crippen molar-refractivity contribution in [2.75, 3.05) is 78.2 Å². The van der Waals surface area contributed by atoms with Gasteiger partial charge in [0, 0.05) is 90.1 Å². The minimum atomic E-state index is -0.760. The molecule has 8 N–H and O–H groups in total.